The van der Waals surface area contributed by atoms with Crippen LogP contribution in [0.4, 0.5) is 0 Å². The van der Waals surface area contributed by atoms with Crippen LogP contribution >= 0.6 is 11.6 Å². The zero-order valence-electron chi connectivity index (χ0n) is 26.3. The Morgan fingerprint density at radius 1 is 1.09 bits per heavy atom. The second-order valence-electron chi connectivity index (χ2n) is 12.1. The Bertz CT molecular complexity index is 1610. The van der Waals surface area contributed by atoms with E-state index in [4.69, 9.17) is 16.0 Å². The van der Waals surface area contributed by atoms with Crippen LogP contribution in [0.15, 0.2) is 83.3 Å². The Morgan fingerprint density at radius 3 is 2.58 bits per heavy atom. The van der Waals surface area contributed by atoms with E-state index in [0.29, 0.717) is 40.9 Å². The monoisotopic (exact) mass is 623 g/mol. The lowest BCUT2D eigenvalue weighted by molar-refractivity contribution is 0.0935. The molecule has 1 aromatic heterocycles. The van der Waals surface area contributed by atoms with Crippen LogP contribution in [0, 0.1) is 18.3 Å². The molecule has 1 fully saturated rings. The molecule has 1 aliphatic heterocycles. The van der Waals surface area contributed by atoms with Gasteiger partial charge in [-0.1, -0.05) is 53.6 Å². The fourth-order valence-corrected chi connectivity index (χ4v) is 5.96. The lowest BCUT2D eigenvalue weighted by atomic mass is 10.0. The minimum atomic E-state index is -0.221. The molecule has 7 nitrogen and oxygen atoms in total. The van der Waals surface area contributed by atoms with Gasteiger partial charge in [0.25, 0.3) is 5.91 Å². The average molecular weight is 624 g/mol. The fourth-order valence-electron chi connectivity index (χ4n) is 5.76. The van der Waals surface area contributed by atoms with Crippen LogP contribution in [-0.2, 0) is 13.0 Å². The number of amides is 1. The van der Waals surface area contributed by atoms with Gasteiger partial charge in [0, 0.05) is 30.2 Å². The molecule has 0 saturated carbocycles. The van der Waals surface area contributed by atoms with Gasteiger partial charge in [0.15, 0.2) is 0 Å². The zero-order valence-corrected chi connectivity index (χ0v) is 27.0. The molecular weight excluding hydrogens is 582 g/mol. The van der Waals surface area contributed by atoms with Crippen molar-refractivity contribution in [1.82, 2.24) is 20.9 Å². The second kappa shape index (κ2) is 15.4. The van der Waals surface area contributed by atoms with Crippen molar-refractivity contribution in [3.05, 3.63) is 117 Å². The molecule has 3 aromatic carbocycles. The molecule has 1 saturated heterocycles. The van der Waals surface area contributed by atoms with E-state index in [2.05, 4.69) is 72.1 Å². The molecule has 1 aliphatic rings. The molecule has 0 bridgehead atoms. The van der Waals surface area contributed by atoms with E-state index in [9.17, 15) is 10.1 Å². The van der Waals surface area contributed by atoms with Crippen molar-refractivity contribution in [3.8, 4) is 17.4 Å². The Morgan fingerprint density at radius 2 is 1.87 bits per heavy atom. The van der Waals surface area contributed by atoms with Gasteiger partial charge in [0.1, 0.15) is 11.5 Å². The third-order valence-electron chi connectivity index (χ3n) is 8.53. The van der Waals surface area contributed by atoms with Gasteiger partial charge in [-0.25, -0.2) is 0 Å². The maximum atomic E-state index is 13.6. The van der Waals surface area contributed by atoms with Gasteiger partial charge in [-0.2, -0.15) is 5.26 Å². The number of carbonyl (C=O) groups is 1. The summed E-state index contributed by atoms with van der Waals surface area (Å²) in [4.78, 5) is 16.0. The molecule has 45 heavy (non-hydrogen) atoms. The summed E-state index contributed by atoms with van der Waals surface area (Å²) in [5, 5.41) is 20.0. The fraction of sp³-hybridized carbons (Fsp3) is 0.351. The summed E-state index contributed by atoms with van der Waals surface area (Å²) >= 11 is 6.57. The minimum Gasteiger partial charge on any atom is -0.460 e. The molecule has 234 valence electrons. The Labute approximate surface area is 271 Å². The van der Waals surface area contributed by atoms with E-state index >= 15 is 0 Å². The summed E-state index contributed by atoms with van der Waals surface area (Å²) in [6.45, 7) is 7.72. The highest BCUT2D eigenvalue weighted by Gasteiger charge is 2.21. The SMILES string of the molecule is Cc1ccc(C(C)NCc2ccc(-c3ccc(Cl)c(C(=O)NC(CCN[C@@H]4CCN(C)C4)Cc4ccc(C#N)cc4)c3)o2)cc1. The molecule has 3 N–H and O–H groups in total. The quantitative estimate of drug-likeness (QED) is 0.154. The number of nitrogens with one attached hydrogen (secondary N) is 3. The van der Waals surface area contributed by atoms with Crippen LogP contribution in [-0.4, -0.2) is 49.6 Å². The Balaban J connectivity index is 1.24. The number of likely N-dealkylation sites (N-methyl/N-ethyl adjacent to an activating group) is 1. The number of hydrogen-bond donors (Lipinski definition) is 3. The number of aryl methyl sites for hydroxylation is 1. The van der Waals surface area contributed by atoms with E-state index in [0.717, 1.165) is 49.4 Å². The van der Waals surface area contributed by atoms with Crippen molar-refractivity contribution in [3.63, 3.8) is 0 Å². The summed E-state index contributed by atoms with van der Waals surface area (Å²) in [7, 11) is 2.14. The van der Waals surface area contributed by atoms with Gasteiger partial charge in [-0.3, -0.25) is 4.79 Å². The van der Waals surface area contributed by atoms with Crippen molar-refractivity contribution in [2.45, 2.75) is 57.8 Å². The van der Waals surface area contributed by atoms with Crippen LogP contribution in [0.5, 0.6) is 0 Å². The molecule has 8 heteroatoms. The first-order valence-electron chi connectivity index (χ1n) is 15.7. The largest absolute Gasteiger partial charge is 0.460 e. The molecule has 0 radical (unpaired) electrons. The highest BCUT2D eigenvalue weighted by atomic mass is 35.5. The lowest BCUT2D eigenvalue weighted by Gasteiger charge is -2.21. The Hall–Kier alpha value is -3.93. The number of rotatable bonds is 13. The van der Waals surface area contributed by atoms with Crippen molar-refractivity contribution in [1.29, 1.82) is 5.26 Å². The molecule has 2 heterocycles. The van der Waals surface area contributed by atoms with Crippen LogP contribution in [0.1, 0.15) is 64.2 Å². The smallest absolute Gasteiger partial charge is 0.253 e. The first-order valence-corrected chi connectivity index (χ1v) is 16.1. The van der Waals surface area contributed by atoms with Crippen molar-refractivity contribution in [2.75, 3.05) is 26.7 Å². The second-order valence-corrected chi connectivity index (χ2v) is 12.6. The van der Waals surface area contributed by atoms with Crippen molar-refractivity contribution >= 4 is 17.5 Å². The molecule has 1 amide bonds. The van der Waals surface area contributed by atoms with Gasteiger partial charge in [0.05, 0.1) is 28.8 Å². The maximum Gasteiger partial charge on any atom is 0.253 e. The van der Waals surface area contributed by atoms with E-state index in [1.807, 2.05) is 42.5 Å². The number of likely N-dealkylation sites (tertiary alicyclic amines) is 1. The van der Waals surface area contributed by atoms with E-state index in [1.165, 1.54) is 11.1 Å². The van der Waals surface area contributed by atoms with Crippen LogP contribution in [0.25, 0.3) is 11.3 Å². The molecule has 3 atom stereocenters. The molecular formula is C37H42ClN5O2. The number of benzene rings is 3. The molecule has 0 spiro atoms. The average Bonchev–Trinajstić information content (AvgIpc) is 3.69. The molecule has 0 aliphatic carbocycles. The summed E-state index contributed by atoms with van der Waals surface area (Å²) in [6.07, 6.45) is 2.54. The van der Waals surface area contributed by atoms with Gasteiger partial charge in [0.2, 0.25) is 0 Å². The zero-order chi connectivity index (χ0) is 31.8. The van der Waals surface area contributed by atoms with Crippen LogP contribution in [0.2, 0.25) is 5.02 Å². The van der Waals surface area contributed by atoms with Crippen LogP contribution in [0.3, 0.4) is 0 Å². The van der Waals surface area contributed by atoms with Crippen molar-refractivity contribution in [2.24, 2.45) is 0 Å². The third kappa shape index (κ3) is 9.06. The predicted molar refractivity (Wildman–Crippen MR) is 180 cm³/mol. The summed E-state index contributed by atoms with van der Waals surface area (Å²) < 4.78 is 6.17. The highest BCUT2D eigenvalue weighted by Crippen LogP contribution is 2.28. The predicted octanol–water partition coefficient (Wildman–Crippen LogP) is 6.66. The Kier molecular flexibility index (Phi) is 11.1. The summed E-state index contributed by atoms with van der Waals surface area (Å²) in [5.74, 6) is 1.27. The minimum absolute atomic E-state index is 0.117. The highest BCUT2D eigenvalue weighted by molar-refractivity contribution is 6.34. The third-order valence-corrected chi connectivity index (χ3v) is 8.86. The maximum absolute atomic E-state index is 13.6. The topological polar surface area (TPSA) is 93.3 Å². The summed E-state index contributed by atoms with van der Waals surface area (Å²) in [6, 6.07) is 28.1. The van der Waals surface area contributed by atoms with Gasteiger partial charge < -0.3 is 25.3 Å². The first-order chi connectivity index (χ1) is 21.8. The van der Waals surface area contributed by atoms with Gasteiger partial charge >= 0.3 is 0 Å². The van der Waals surface area contributed by atoms with Crippen LogP contribution < -0.4 is 16.0 Å². The normalized spacial score (nSPS) is 16.3. The number of carbonyl (C=O) groups excluding carboxylic acids is 1. The molecule has 2 unspecified atom stereocenters. The van der Waals surface area contributed by atoms with E-state index in [-0.39, 0.29) is 18.0 Å². The first kappa shape index (κ1) is 32.5. The van der Waals surface area contributed by atoms with E-state index in [1.54, 1.807) is 12.1 Å². The summed E-state index contributed by atoms with van der Waals surface area (Å²) in [5.41, 5.74) is 5.34. The number of nitrogens with zero attached hydrogens (tertiary/aromatic N) is 2. The standard InChI is InChI=1S/C37H42ClN5O2/c1-25-4-10-29(11-5-25)26(2)41-23-33-13-15-36(45-33)30-12-14-35(38)34(21-30)37(44)42-31(16-18-40-32-17-19-43(3)24-32)20-27-6-8-28(22-39)9-7-27/h4-15,21,26,31-32,40-41H,16-20,23-24H2,1-3H3,(H,42,44)/t26?,31?,32-/m1/s1. The van der Waals surface area contributed by atoms with E-state index < -0.39 is 0 Å². The number of furan rings is 1. The number of nitriles is 1. The number of hydrogen-bond acceptors (Lipinski definition) is 6. The number of halogens is 1. The van der Waals surface area contributed by atoms with Crippen molar-refractivity contribution < 1.29 is 9.21 Å². The molecule has 5 rings (SSSR count). The lowest BCUT2D eigenvalue weighted by Crippen LogP contribution is -2.40. The van der Waals surface area contributed by atoms with Gasteiger partial charge in [-0.15, -0.1) is 0 Å². The van der Waals surface area contributed by atoms with Gasteiger partial charge in [-0.05, 0) is 107 Å². The molecule has 4 aromatic rings.